The molecule has 0 atom stereocenters. The average molecular weight is 912 g/mol. The van der Waals surface area contributed by atoms with E-state index in [4.69, 9.17) is 72.7 Å². The van der Waals surface area contributed by atoms with Crippen LogP contribution in [0.15, 0.2) is 0 Å². The molecule has 0 aliphatic carbocycles. The fraction of sp³-hybridized carbons (Fsp3) is 0.500. The number of hydrogen-bond donors (Lipinski definition) is 1. The number of phosphoric acid groups is 3. The van der Waals surface area contributed by atoms with E-state index in [0.29, 0.717) is 0 Å². The quantitative estimate of drug-likeness (QED) is 0.198. The van der Waals surface area contributed by atoms with Crippen LogP contribution in [0.5, 0.6) is 0 Å². The number of carbonyl (C=O) groups is 4. The Kier molecular flexibility index (Phi) is 184. The molecule has 0 saturated carbocycles. The molecule has 0 rings (SSSR count). The third-order valence-corrected chi connectivity index (χ3v) is 1.25. The zero-order valence-electron chi connectivity index (χ0n) is 27.9. The Morgan fingerprint density at radius 3 is 0.622 bits per heavy atom. The Hall–Kier alpha value is 14.4. The van der Waals surface area contributed by atoms with Gasteiger partial charge in [-0.3, -0.25) is 0 Å². The fourth-order valence-corrected chi connectivity index (χ4v) is 0.684. The van der Waals surface area contributed by atoms with Gasteiger partial charge in [-0.15, -0.1) is 0 Å². The Labute approximate surface area is 648 Å². The van der Waals surface area contributed by atoms with E-state index in [2.05, 4.69) is 0 Å². The number of aliphatic carboxylic acids is 4. The molecule has 0 amide bonds. The van der Waals surface area contributed by atoms with Crippen molar-refractivity contribution >= 4 is 47.3 Å². The van der Waals surface area contributed by atoms with Crippen molar-refractivity contribution < 1.29 is 596 Å². The molecule has 0 aliphatic rings. The standard InChI is InChI=1S/C6H8O7.C2H4O2.5K.8Na.3H3O4P/c7-3(8)1-6(13,5(11)12)2-4(9)10;1-2(3)4;;;;;;;;;;;;;;3*1-5(2,3)4/h13H,1-2H2,(H,7,8)(H,9,10)(H,11,12);1H3,(H,3,4);;;;;;;;;;;;;;3*(H3,1,2,3,4)/q;;13*+1;;;/p-13. The number of aliphatic hydroxyl groups is 1. The number of carboxylic acids is 4. The molecule has 0 aromatic heterocycles. The Morgan fingerprint density at radius 2 is 0.578 bits per heavy atom. The van der Waals surface area contributed by atoms with E-state index in [9.17, 15) is 29.7 Å². The van der Waals surface area contributed by atoms with Gasteiger partial charge in [0.1, 0.15) is 5.60 Å². The van der Waals surface area contributed by atoms with Gasteiger partial charge in [-0.1, -0.05) is 0 Å². The minimum Gasteiger partial charge on any atom is -0.822 e. The molecule has 0 fully saturated rings. The van der Waals surface area contributed by atoms with Gasteiger partial charge in [0.05, 0.1) is 5.97 Å². The maximum Gasteiger partial charge on any atom is 1.00 e. The molecule has 0 unspecified atom stereocenters. The first-order valence-corrected chi connectivity index (χ1v) is 10.6. The Bertz CT molecular complexity index is 683. The van der Waals surface area contributed by atoms with Gasteiger partial charge in [-0.05, 0) is 6.92 Å². The van der Waals surface area contributed by atoms with Gasteiger partial charge < -0.3 is 102 Å². The van der Waals surface area contributed by atoms with E-state index in [1.165, 1.54) is 0 Å². The number of carbonyl (C=O) groups excluding carboxylic acids is 4. The summed E-state index contributed by atoms with van der Waals surface area (Å²) < 4.78 is 25.6. The Balaban J connectivity index is -0.0000000126. The van der Waals surface area contributed by atoms with Gasteiger partial charge in [0.15, 0.2) is 0 Å². The molecule has 0 heterocycles. The molecule has 0 radical (unpaired) electrons. The third-order valence-electron chi connectivity index (χ3n) is 1.25. The van der Waals surface area contributed by atoms with Crippen LogP contribution in [-0.2, 0) is 32.9 Å². The topological polar surface area (TPSA) is 440 Å². The predicted molar refractivity (Wildman–Crippen MR) is 62.7 cm³/mol. The van der Waals surface area contributed by atoms with Crippen molar-refractivity contribution in [2.45, 2.75) is 25.4 Å². The molecule has 0 spiro atoms. The van der Waals surface area contributed by atoms with Crippen molar-refractivity contribution in [3.8, 4) is 0 Å². The van der Waals surface area contributed by atoms with Crippen LogP contribution in [-0.4, -0.2) is 34.6 Å². The molecule has 21 nitrogen and oxygen atoms in total. The normalized spacial score (nSPS) is 7.62. The molecule has 0 bridgehead atoms. The van der Waals surface area contributed by atoms with Gasteiger partial charge in [-0.25, -0.2) is 0 Å². The molecule has 0 aromatic carbocycles. The number of carboxylic acid groups (broad SMARTS) is 4. The zero-order chi connectivity index (χ0) is 27.7. The summed E-state index contributed by atoms with van der Waals surface area (Å²) in [7, 11) is -16.2. The molecule has 194 valence electrons. The molecule has 1 N–H and O–H groups in total. The SMILES string of the molecule is CC(=O)[O-].O=C([O-])CC(O)(CC(=O)[O-])C(=O)[O-].O=P([O-])([O-])[O-].O=P([O-])([O-])[O-].O=P([O-])([O-])[O-].[K+].[K+].[K+].[K+].[K+].[Na+].[Na+].[Na+].[Na+].[Na+].[Na+].[Na+].[Na+]. The van der Waals surface area contributed by atoms with Gasteiger partial charge in [0, 0.05) is 30.7 Å². The summed E-state index contributed by atoms with van der Waals surface area (Å²) in [4.78, 5) is 116. The number of rotatable bonds is 5. The summed E-state index contributed by atoms with van der Waals surface area (Å²) in [5.41, 5.74) is -2.97. The van der Waals surface area contributed by atoms with Crippen molar-refractivity contribution in [3.63, 3.8) is 0 Å². The molecule has 0 aliphatic heterocycles. The van der Waals surface area contributed by atoms with E-state index in [1.807, 2.05) is 0 Å². The largest absolute Gasteiger partial charge is 1.00 e. The summed E-state index contributed by atoms with van der Waals surface area (Å²) in [6.07, 6.45) is -2.72. The van der Waals surface area contributed by atoms with E-state index < -0.39 is 65.8 Å². The van der Waals surface area contributed by atoms with Crippen LogP contribution >= 0.6 is 23.5 Å². The van der Waals surface area contributed by atoms with Crippen molar-refractivity contribution in [2.75, 3.05) is 0 Å². The molecule has 37 heteroatoms. The summed E-state index contributed by atoms with van der Waals surface area (Å²) in [5, 5.41) is 47.8. The van der Waals surface area contributed by atoms with Crippen molar-refractivity contribution in [3.05, 3.63) is 0 Å². The minimum atomic E-state index is -5.39. The van der Waals surface area contributed by atoms with E-state index in [1.54, 1.807) is 0 Å². The van der Waals surface area contributed by atoms with Gasteiger partial charge in [-0.2, -0.15) is 23.5 Å². The first-order valence-electron chi connectivity index (χ1n) is 6.21. The molecule has 0 saturated heterocycles. The van der Waals surface area contributed by atoms with Crippen LogP contribution in [0.3, 0.4) is 0 Å². The van der Waals surface area contributed by atoms with Crippen LogP contribution in [0.1, 0.15) is 19.8 Å². The first-order chi connectivity index (χ1) is 13.5. The minimum absolute atomic E-state index is 0. The van der Waals surface area contributed by atoms with Gasteiger partial charge >= 0.3 is 493 Å². The van der Waals surface area contributed by atoms with Gasteiger partial charge in [0.25, 0.3) is 0 Å². The van der Waals surface area contributed by atoms with E-state index >= 15 is 0 Å². The molecular weight excluding hydrogens is 904 g/mol. The van der Waals surface area contributed by atoms with E-state index in [0.717, 1.165) is 6.92 Å². The second-order valence-corrected chi connectivity index (χ2v) is 6.93. The van der Waals surface area contributed by atoms with Gasteiger partial charge in [0.2, 0.25) is 0 Å². The summed E-state index contributed by atoms with van der Waals surface area (Å²) in [6.45, 7) is 0.972. The van der Waals surface area contributed by atoms with E-state index in [-0.39, 0.29) is 493 Å². The van der Waals surface area contributed by atoms with Crippen LogP contribution in [0.25, 0.3) is 0 Å². The van der Waals surface area contributed by atoms with Crippen LogP contribution in [0, 0.1) is 0 Å². The zero-order valence-corrected chi connectivity index (χ0v) is 62.2. The second kappa shape index (κ2) is 70.0. The summed E-state index contributed by atoms with van der Waals surface area (Å²) in [6, 6.07) is 0. The maximum atomic E-state index is 10.1. The smallest absolute Gasteiger partial charge is 0.822 e. The van der Waals surface area contributed by atoms with Crippen LogP contribution in [0.4, 0.5) is 0 Å². The third kappa shape index (κ3) is 201. The monoisotopic (exact) mass is 912 g/mol. The number of hydrogen-bond acceptors (Lipinski definition) is 21. The second-order valence-electron chi connectivity index (χ2n) is 4.25. The summed E-state index contributed by atoms with van der Waals surface area (Å²) in [5.74, 6) is -7.07. The van der Waals surface area contributed by atoms with Crippen molar-refractivity contribution in [1.29, 1.82) is 0 Å². The van der Waals surface area contributed by atoms with Crippen LogP contribution < -0.4 is 558 Å². The van der Waals surface area contributed by atoms with Crippen molar-refractivity contribution in [1.82, 2.24) is 0 Å². The predicted octanol–water partition coefficient (Wildman–Crippen LogP) is -53.9. The fourth-order valence-electron chi connectivity index (χ4n) is 0.684. The molecule has 0 aromatic rings. The van der Waals surface area contributed by atoms with Crippen molar-refractivity contribution in [2.24, 2.45) is 0 Å². The first kappa shape index (κ1) is 118. The molecule has 45 heavy (non-hydrogen) atoms. The van der Waals surface area contributed by atoms with Crippen LogP contribution in [0.2, 0.25) is 0 Å². The summed E-state index contributed by atoms with van der Waals surface area (Å²) >= 11 is 0. The Morgan fingerprint density at radius 1 is 0.489 bits per heavy atom. The average Bonchev–Trinajstić information content (AvgIpc) is 2.28. The maximum absolute atomic E-state index is 10.1. The molecular formula is C8H8K5Na8O21P3.